The van der Waals surface area contributed by atoms with Gasteiger partial charge in [0.1, 0.15) is 11.5 Å². The maximum Gasteiger partial charge on any atom is 0.251 e. The van der Waals surface area contributed by atoms with Gasteiger partial charge in [-0.1, -0.05) is 27.7 Å². The summed E-state index contributed by atoms with van der Waals surface area (Å²) in [5, 5.41) is 6.03. The third-order valence-corrected chi connectivity index (χ3v) is 16.4. The molecule has 16 atom stereocenters. The van der Waals surface area contributed by atoms with E-state index in [1.54, 1.807) is 24.3 Å². The van der Waals surface area contributed by atoms with Gasteiger partial charge in [0.2, 0.25) is 24.2 Å². The van der Waals surface area contributed by atoms with Crippen LogP contribution >= 0.6 is 0 Å². The van der Waals surface area contributed by atoms with E-state index in [4.69, 9.17) is 48.0 Å². The molecular weight excluding hydrogens is 809 g/mol. The van der Waals surface area contributed by atoms with Crippen molar-refractivity contribution in [1.82, 2.24) is 10.6 Å². The number of hydrogen-bond donors (Lipinski definition) is 2. The van der Waals surface area contributed by atoms with Gasteiger partial charge in [-0.05, 0) is 144 Å². The van der Waals surface area contributed by atoms with Crippen LogP contribution in [-0.4, -0.2) is 72.8 Å². The van der Waals surface area contributed by atoms with Gasteiger partial charge < -0.3 is 39.1 Å². The van der Waals surface area contributed by atoms with Crippen LogP contribution in [0.3, 0.4) is 0 Å². The minimum Gasteiger partial charge on any atom is -0.465 e. The summed E-state index contributed by atoms with van der Waals surface area (Å²) >= 11 is 0. The molecule has 8 saturated heterocycles. The number of ether oxygens (including phenoxy) is 6. The van der Waals surface area contributed by atoms with Gasteiger partial charge in [0.25, 0.3) is 11.8 Å². The Balaban J connectivity index is 0.644. The van der Waals surface area contributed by atoms with Crippen LogP contribution < -0.4 is 20.1 Å². The first-order chi connectivity index (χ1) is 30.3. The molecule has 10 fully saturated rings. The van der Waals surface area contributed by atoms with Crippen molar-refractivity contribution in [1.29, 1.82) is 0 Å². The van der Waals surface area contributed by atoms with E-state index < -0.39 is 47.9 Å². The number of amides is 2. The first kappa shape index (κ1) is 43.5. The lowest BCUT2D eigenvalue weighted by Crippen LogP contribution is -2.70. The largest absolute Gasteiger partial charge is 0.465 e. The maximum absolute atomic E-state index is 13.0. The smallest absolute Gasteiger partial charge is 0.251 e. The van der Waals surface area contributed by atoms with Crippen LogP contribution in [0, 0.1) is 47.3 Å². The molecule has 12 rings (SSSR count). The maximum atomic E-state index is 13.0. The lowest BCUT2D eigenvalue weighted by atomic mass is 9.58. The highest BCUT2D eigenvalue weighted by Crippen LogP contribution is 2.62. The quantitative estimate of drug-likeness (QED) is 0.156. The summed E-state index contributed by atoms with van der Waals surface area (Å²) in [7, 11) is 0. The van der Waals surface area contributed by atoms with Gasteiger partial charge in [0.15, 0.2) is 23.8 Å². The molecule has 10 aliphatic rings. The van der Waals surface area contributed by atoms with E-state index >= 15 is 0 Å². The average molecular weight is 875 g/mol. The van der Waals surface area contributed by atoms with E-state index in [0.717, 1.165) is 70.6 Å². The van der Waals surface area contributed by atoms with E-state index in [2.05, 4.69) is 38.3 Å². The zero-order chi connectivity index (χ0) is 43.7. The molecule has 2 aliphatic carbocycles. The molecule has 63 heavy (non-hydrogen) atoms. The minimum atomic E-state index is -0.843. The van der Waals surface area contributed by atoms with Crippen LogP contribution in [0.2, 0.25) is 0 Å². The fourth-order valence-electron chi connectivity index (χ4n) is 12.7. The summed E-state index contributed by atoms with van der Waals surface area (Å²) in [6.45, 7) is 13.8. The molecule has 2 aromatic rings. The Hall–Kier alpha value is -3.34. The number of benzene rings is 2. The second-order valence-corrected chi connectivity index (χ2v) is 20.4. The molecule has 2 N–H and O–H groups in total. The summed E-state index contributed by atoms with van der Waals surface area (Å²) in [5.41, 5.74) is -0.170. The van der Waals surface area contributed by atoms with Crippen molar-refractivity contribution in [3.63, 3.8) is 0 Å². The molecule has 6 unspecified atom stereocenters. The van der Waals surface area contributed by atoms with Gasteiger partial charge in [-0.3, -0.25) is 9.59 Å². The van der Waals surface area contributed by atoms with E-state index in [1.165, 1.54) is 0 Å². The van der Waals surface area contributed by atoms with Crippen LogP contribution in [0.4, 0.5) is 0 Å². The molecule has 2 spiro atoms. The number of fused-ring (bicyclic) bond motifs is 4. The topological polar surface area (TPSA) is 150 Å². The Bertz CT molecular complexity index is 1850. The number of rotatable bonds is 12. The Kier molecular flexibility index (Phi) is 11.6. The van der Waals surface area contributed by atoms with Crippen molar-refractivity contribution in [2.24, 2.45) is 47.3 Å². The molecule has 344 valence electrons. The van der Waals surface area contributed by atoms with Crippen molar-refractivity contribution in [2.75, 3.05) is 13.1 Å². The van der Waals surface area contributed by atoms with Crippen molar-refractivity contribution >= 4 is 11.8 Å². The van der Waals surface area contributed by atoms with E-state index in [0.29, 0.717) is 59.4 Å². The number of carbonyl (C=O) groups is 2. The van der Waals surface area contributed by atoms with Crippen LogP contribution in [0.25, 0.3) is 0 Å². The molecule has 4 bridgehead atoms. The molecule has 2 amide bonds. The second-order valence-electron chi connectivity index (χ2n) is 20.4. The molecule has 0 aromatic heterocycles. The molecule has 14 heteroatoms. The molecule has 8 aliphatic heterocycles. The molecule has 8 heterocycles. The zero-order valence-electron chi connectivity index (χ0n) is 37.6. The van der Waals surface area contributed by atoms with Crippen molar-refractivity contribution in [2.45, 2.75) is 160 Å². The Morgan fingerprint density at radius 3 is 1.38 bits per heavy atom. The molecular formula is C49H66N2O12. The molecule has 0 radical (unpaired) electrons. The summed E-state index contributed by atoms with van der Waals surface area (Å²) in [6.07, 6.45) is 7.92. The molecule has 2 aromatic carbocycles. The number of unbranched alkanes of at least 4 members (excludes halogenated alkanes) is 2. The average Bonchev–Trinajstić information content (AvgIpc) is 3.65. The third kappa shape index (κ3) is 7.67. The monoisotopic (exact) mass is 874 g/mol. The van der Waals surface area contributed by atoms with Gasteiger partial charge in [-0.2, -0.15) is 0 Å². The highest BCUT2D eigenvalue weighted by molar-refractivity contribution is 5.94. The first-order valence-electron chi connectivity index (χ1n) is 23.8. The SMILES string of the molecule is C[C@@H]1CCC2[C@@H](C)[C@@H](Oc3ccc(C(=O)NCCCCCNC(=O)c4ccc(O[C@H]5OC6O[C@]7(C)CCC8[C@H](C)CCC([C@H]5C)[C@@]68OO7)cc4)cc3)OC3O[C@@]4(C)CCC1[C@]32OO4. The Morgan fingerprint density at radius 1 is 0.556 bits per heavy atom. The second kappa shape index (κ2) is 16.8. The summed E-state index contributed by atoms with van der Waals surface area (Å²) in [6, 6.07) is 14.4. The van der Waals surface area contributed by atoms with Crippen LogP contribution in [0.1, 0.15) is 133 Å². The van der Waals surface area contributed by atoms with Crippen LogP contribution in [0.15, 0.2) is 48.5 Å². The summed E-state index contributed by atoms with van der Waals surface area (Å²) in [4.78, 5) is 50.3. The van der Waals surface area contributed by atoms with Gasteiger partial charge in [0.05, 0.1) is 0 Å². The Labute approximate surface area is 370 Å². The zero-order valence-corrected chi connectivity index (χ0v) is 37.6. The third-order valence-electron chi connectivity index (χ3n) is 16.4. The fourth-order valence-corrected chi connectivity index (χ4v) is 12.7. The van der Waals surface area contributed by atoms with Crippen molar-refractivity contribution in [3.05, 3.63) is 59.7 Å². The normalized spacial score (nSPS) is 43.4. The van der Waals surface area contributed by atoms with Gasteiger partial charge in [0, 0.05) is 60.7 Å². The fraction of sp³-hybridized carbons (Fsp3) is 0.714. The lowest BCUT2D eigenvalue weighted by Gasteiger charge is -2.60. The molecule has 14 nitrogen and oxygen atoms in total. The highest BCUT2D eigenvalue weighted by Gasteiger charge is 2.71. The van der Waals surface area contributed by atoms with E-state index in [-0.39, 0.29) is 35.5 Å². The first-order valence-corrected chi connectivity index (χ1v) is 23.8. The molecule has 2 saturated carbocycles. The van der Waals surface area contributed by atoms with Gasteiger partial charge >= 0.3 is 0 Å². The van der Waals surface area contributed by atoms with Crippen molar-refractivity contribution in [3.8, 4) is 11.5 Å². The standard InChI is InChI=1S/C49H66N2O12/c1-28-10-20-38-30(3)42(56-44-48(38)36(28)22-24-46(5,58-44)60-62-48)54-34-16-12-32(13-17-34)40(52)50-26-8-7-9-27-51-41(53)33-14-18-35(19-15-33)55-43-31(4)39-21-11-29(2)37-23-25-47(6)59-45(57-43)49(37,39)63-61-47/h12-19,28-31,36-39,42-45H,7-11,20-27H2,1-6H3,(H,50,52)(H,51,53)/t28-,29-,30-,31-,36?,37?,38?,39?,42+,43+,44?,45?,46-,47+,48-,49-/m1/s1. The van der Waals surface area contributed by atoms with Crippen molar-refractivity contribution < 1.29 is 57.6 Å². The lowest BCUT2D eigenvalue weighted by molar-refractivity contribution is -0.575. The van der Waals surface area contributed by atoms with Crippen LogP contribution in [0.5, 0.6) is 11.5 Å². The van der Waals surface area contributed by atoms with Crippen LogP contribution in [-0.2, 0) is 38.5 Å². The van der Waals surface area contributed by atoms with Gasteiger partial charge in [-0.25, -0.2) is 19.6 Å². The van der Waals surface area contributed by atoms with E-state index in [1.807, 2.05) is 38.1 Å². The highest BCUT2D eigenvalue weighted by atomic mass is 17.3. The summed E-state index contributed by atoms with van der Waals surface area (Å²) < 4.78 is 38.9. The predicted octanol–water partition coefficient (Wildman–Crippen LogP) is 8.19. The number of carbonyl (C=O) groups excluding carboxylic acids is 2. The number of nitrogens with one attached hydrogen (secondary N) is 2. The minimum absolute atomic E-state index is 0.0439. The number of hydrogen-bond acceptors (Lipinski definition) is 12. The van der Waals surface area contributed by atoms with Gasteiger partial charge in [-0.15, -0.1) is 0 Å². The Morgan fingerprint density at radius 2 is 0.968 bits per heavy atom. The summed E-state index contributed by atoms with van der Waals surface area (Å²) in [5.74, 6) is 1.27. The van der Waals surface area contributed by atoms with E-state index in [9.17, 15) is 9.59 Å². The predicted molar refractivity (Wildman–Crippen MR) is 226 cm³/mol.